The van der Waals surface area contributed by atoms with Gasteiger partial charge in [-0.1, -0.05) is 23.2 Å². The van der Waals surface area contributed by atoms with Crippen LogP contribution < -0.4 is 51.7 Å². The van der Waals surface area contributed by atoms with Crippen LogP contribution in [0.2, 0.25) is 10.0 Å². The Kier molecular flexibility index (Phi) is 14.5. The van der Waals surface area contributed by atoms with Crippen molar-refractivity contribution in [3.8, 4) is 23.0 Å². The monoisotopic (exact) mass is 1150 g/mol. The summed E-state index contributed by atoms with van der Waals surface area (Å²) in [5.41, 5.74) is -0.995. The van der Waals surface area contributed by atoms with E-state index in [1.807, 2.05) is 4.90 Å². The average Bonchev–Trinajstić information content (AvgIpc) is 3.33. The molecule has 9 rings (SSSR count). The van der Waals surface area contributed by atoms with E-state index < -0.39 is 101 Å². The molecular weight excluding hydrogens is 1120 g/mol. The molecule has 0 aliphatic carbocycles. The highest BCUT2D eigenvalue weighted by molar-refractivity contribution is 7.86. The molecule has 0 saturated carbocycles. The largest absolute Gasteiger partial charge is 0.450 e. The Balaban J connectivity index is 1.07. The number of ether oxygens (including phenoxy) is 4. The third-order valence-electron chi connectivity index (χ3n) is 10.5. The molecule has 75 heavy (non-hydrogen) atoms. The van der Waals surface area contributed by atoms with Gasteiger partial charge in [0, 0.05) is 39.0 Å². The summed E-state index contributed by atoms with van der Waals surface area (Å²) in [5, 5.41) is 12.5. The Labute approximate surface area is 433 Å². The molecule has 3 aliphatic rings. The van der Waals surface area contributed by atoms with Crippen LogP contribution in [-0.2, 0) is 49.9 Å². The summed E-state index contributed by atoms with van der Waals surface area (Å²) in [5.74, 6) is -3.56. The molecule has 0 atom stereocenters. The number of hydrogen-bond donors (Lipinski definition) is 9. The molecule has 1 fully saturated rings. The first kappa shape index (κ1) is 52.9. The Bertz CT molecular complexity index is 3900. The number of halogens is 2. The standard InChI is InChI=1S/C39H36Cl2N14O16S4/c1-68-14-10-42-35-51-38(54-39(53-35)55-12-15-69-16-13-55)48-23-9-7-21-29(33(23)75(65,66)67)71-31-25(41)26-30(24(40)27(31)46-21)70-28-20(45-26)6-8-22(32(28)74(62,63)64)47-37-50-34(43-11-17-72(56,57)58)49-36(52-37)44-18-2-4-19(5-3-18)73(59,60)61/h2-9H,10-17H2,1H3,(H,56,57,58)(H,59,60,61)(H,62,63,64)(H,65,66,67)(H2,42,48,51,53,54)(H3,43,44,47,49,50,52). The summed E-state index contributed by atoms with van der Waals surface area (Å²) < 4.78 is 162. The van der Waals surface area contributed by atoms with Crippen LogP contribution in [0.5, 0.6) is 23.0 Å². The molecule has 3 aliphatic heterocycles. The Morgan fingerprint density at radius 2 is 1.05 bits per heavy atom. The number of fused-ring (bicyclic) bond motifs is 4. The Morgan fingerprint density at radius 3 is 1.55 bits per heavy atom. The molecule has 2 aromatic heterocycles. The second kappa shape index (κ2) is 20.6. The molecule has 5 heterocycles. The lowest BCUT2D eigenvalue weighted by Crippen LogP contribution is -2.37. The number of rotatable bonds is 18. The van der Waals surface area contributed by atoms with Crippen LogP contribution in [0.3, 0.4) is 0 Å². The number of nitrogens with zero attached hydrogens (tertiary/aromatic N) is 9. The van der Waals surface area contributed by atoms with E-state index in [-0.39, 0.29) is 74.0 Å². The summed E-state index contributed by atoms with van der Waals surface area (Å²) in [4.78, 5) is 34.3. The minimum Gasteiger partial charge on any atom is -0.450 e. The lowest BCUT2D eigenvalue weighted by molar-refractivity contribution is 0.122. The number of methoxy groups -OCH3 is 1. The maximum absolute atomic E-state index is 13.3. The fourth-order valence-corrected chi connectivity index (χ4v) is 10.2. The van der Waals surface area contributed by atoms with Gasteiger partial charge in [-0.05, 0) is 48.5 Å². The highest BCUT2D eigenvalue weighted by Gasteiger charge is 2.35. The van der Waals surface area contributed by atoms with Gasteiger partial charge in [0.2, 0.25) is 35.7 Å². The van der Waals surface area contributed by atoms with Gasteiger partial charge in [0.05, 0.1) is 41.8 Å². The topological polar surface area (TPSA) is 420 Å². The average molecular weight is 1160 g/mol. The van der Waals surface area contributed by atoms with Crippen molar-refractivity contribution in [2.45, 2.75) is 14.7 Å². The number of nitrogens with one attached hydrogen (secondary N) is 5. The number of benzene rings is 4. The summed E-state index contributed by atoms with van der Waals surface area (Å²) >= 11 is 13.8. The van der Waals surface area contributed by atoms with Crippen molar-refractivity contribution >= 4 is 128 Å². The van der Waals surface area contributed by atoms with Gasteiger partial charge in [-0.25, -0.2) is 9.98 Å². The zero-order valence-corrected chi connectivity index (χ0v) is 42.7. The van der Waals surface area contributed by atoms with E-state index in [4.69, 9.17) is 42.1 Å². The Hall–Kier alpha value is -6.96. The number of anilines is 9. The first-order valence-electron chi connectivity index (χ1n) is 21.2. The molecule has 0 amide bonds. The van der Waals surface area contributed by atoms with E-state index in [1.165, 1.54) is 37.4 Å². The van der Waals surface area contributed by atoms with Gasteiger partial charge >= 0.3 is 0 Å². The van der Waals surface area contributed by atoms with Crippen LogP contribution in [0, 0.1) is 0 Å². The maximum Gasteiger partial charge on any atom is 0.300 e. The third-order valence-corrected chi connectivity index (χ3v) is 14.6. The van der Waals surface area contributed by atoms with E-state index >= 15 is 0 Å². The van der Waals surface area contributed by atoms with Crippen molar-refractivity contribution in [3.05, 3.63) is 69.3 Å². The molecule has 30 nitrogen and oxygen atoms in total. The first-order valence-corrected chi connectivity index (χ1v) is 27.9. The zero-order valence-electron chi connectivity index (χ0n) is 37.9. The van der Waals surface area contributed by atoms with Gasteiger partial charge in [0.25, 0.3) is 40.5 Å². The molecule has 36 heteroatoms. The summed E-state index contributed by atoms with van der Waals surface area (Å²) in [6.45, 7) is 1.86. The van der Waals surface area contributed by atoms with Crippen molar-refractivity contribution < 1.29 is 70.8 Å². The minimum absolute atomic E-state index is 0.116. The molecule has 396 valence electrons. The molecular formula is C39H36Cl2N14O16S4. The van der Waals surface area contributed by atoms with Gasteiger partial charge in [-0.3, -0.25) is 18.2 Å². The van der Waals surface area contributed by atoms with E-state index in [1.54, 1.807) is 0 Å². The molecule has 0 spiro atoms. The number of hydrogen-bond acceptors (Lipinski definition) is 26. The van der Waals surface area contributed by atoms with Crippen LogP contribution in [0.1, 0.15) is 0 Å². The van der Waals surface area contributed by atoms with Crippen molar-refractivity contribution in [2.75, 3.05) is 90.3 Å². The van der Waals surface area contributed by atoms with E-state index in [2.05, 4.69) is 66.5 Å². The normalized spacial score (nSPS) is 14.1. The van der Waals surface area contributed by atoms with Crippen molar-refractivity contribution in [1.82, 2.24) is 29.9 Å². The summed E-state index contributed by atoms with van der Waals surface area (Å²) in [7, 11) is -18.0. The van der Waals surface area contributed by atoms with Crippen LogP contribution in [-0.4, -0.2) is 141 Å². The van der Waals surface area contributed by atoms with Gasteiger partial charge in [0.1, 0.15) is 32.1 Å². The highest BCUT2D eigenvalue weighted by atomic mass is 35.5. The van der Waals surface area contributed by atoms with Gasteiger partial charge in [0.15, 0.2) is 32.8 Å². The summed E-state index contributed by atoms with van der Waals surface area (Å²) in [6.07, 6.45) is 0. The van der Waals surface area contributed by atoms with Crippen molar-refractivity contribution in [1.29, 1.82) is 0 Å². The van der Waals surface area contributed by atoms with Crippen LogP contribution in [0.4, 0.5) is 64.1 Å². The van der Waals surface area contributed by atoms with Gasteiger partial charge in [-0.15, -0.1) is 0 Å². The van der Waals surface area contributed by atoms with Gasteiger partial charge < -0.3 is 50.4 Å². The van der Waals surface area contributed by atoms with E-state index in [9.17, 15) is 51.9 Å². The predicted molar refractivity (Wildman–Crippen MR) is 265 cm³/mol. The highest BCUT2D eigenvalue weighted by Crippen LogP contribution is 2.49. The molecule has 0 unspecified atom stereocenters. The lowest BCUT2D eigenvalue weighted by Gasteiger charge is -2.27. The molecule has 9 N–H and O–H groups in total. The minimum atomic E-state index is -5.31. The quantitative estimate of drug-likeness (QED) is 0.0437. The smallest absolute Gasteiger partial charge is 0.300 e. The number of aromatic nitrogens is 6. The molecule has 0 radical (unpaired) electrons. The molecule has 6 aromatic rings. The van der Waals surface area contributed by atoms with Crippen LogP contribution >= 0.6 is 23.2 Å². The Morgan fingerprint density at radius 1 is 0.587 bits per heavy atom. The van der Waals surface area contributed by atoms with Crippen molar-refractivity contribution in [2.24, 2.45) is 9.98 Å². The SMILES string of the molecule is COCCNc1nc(Nc2ccc3c(c2S(=O)(=O)O)Oc2c(Cl)c4c(c(Cl)c2=N3)Oc2c(ccc(Nc3nc(NCCS(=O)(=O)O)nc(Nc5ccc(S(=O)(=O)O)cc5)n3)c2S(=O)(=O)O)N=4)nc(N2CCOCC2)n1. The van der Waals surface area contributed by atoms with Crippen LogP contribution in [0.15, 0.2) is 73.2 Å². The third kappa shape index (κ3) is 11.8. The fourth-order valence-electron chi connectivity index (χ4n) is 7.25. The predicted octanol–water partition coefficient (Wildman–Crippen LogP) is 3.64. The second-order valence-electron chi connectivity index (χ2n) is 15.6. The maximum atomic E-state index is 13.3. The lowest BCUT2D eigenvalue weighted by atomic mass is 10.2. The van der Waals surface area contributed by atoms with Crippen LogP contribution in [0.25, 0.3) is 0 Å². The zero-order chi connectivity index (χ0) is 53.6. The van der Waals surface area contributed by atoms with Gasteiger partial charge in [-0.2, -0.15) is 63.6 Å². The summed E-state index contributed by atoms with van der Waals surface area (Å²) in [6, 6.07) is 9.49. The second-order valence-corrected chi connectivity index (χ2v) is 22.1. The first-order chi connectivity index (χ1) is 35.4. The van der Waals surface area contributed by atoms with E-state index in [0.29, 0.717) is 39.5 Å². The molecule has 1 saturated heterocycles. The molecule has 4 aromatic carbocycles. The fraction of sp³-hybridized carbons (Fsp3) is 0.231. The molecule has 0 bridgehead atoms. The van der Waals surface area contributed by atoms with E-state index in [0.717, 1.165) is 18.2 Å². The van der Waals surface area contributed by atoms with Crippen molar-refractivity contribution in [3.63, 3.8) is 0 Å². The number of morpholine rings is 1.